The molecule has 0 amide bonds. The van der Waals surface area contributed by atoms with E-state index in [-0.39, 0.29) is 6.04 Å². The molecule has 4 heteroatoms. The van der Waals surface area contributed by atoms with E-state index in [0.717, 1.165) is 0 Å². The van der Waals surface area contributed by atoms with Crippen molar-refractivity contribution in [2.75, 3.05) is 0 Å². The summed E-state index contributed by atoms with van der Waals surface area (Å²) in [6.07, 6.45) is 5.35. The Balaban J connectivity index is 2.28. The molecule has 1 aromatic heterocycles. The second kappa shape index (κ2) is 3.89. The zero-order valence-electron chi connectivity index (χ0n) is 8.61. The van der Waals surface area contributed by atoms with Gasteiger partial charge in [0, 0.05) is 12.2 Å². The van der Waals surface area contributed by atoms with E-state index in [2.05, 4.69) is 6.92 Å². The highest BCUT2D eigenvalue weighted by Gasteiger charge is 2.27. The van der Waals surface area contributed by atoms with Crippen LogP contribution in [0.3, 0.4) is 0 Å². The van der Waals surface area contributed by atoms with E-state index in [1.165, 1.54) is 25.3 Å². The normalized spacial score (nSPS) is 18.5. The molecule has 1 heterocycles. The summed E-state index contributed by atoms with van der Waals surface area (Å²) in [7, 11) is 0. The highest BCUT2D eigenvalue weighted by Crippen LogP contribution is 2.37. The van der Waals surface area contributed by atoms with E-state index in [0.29, 0.717) is 16.6 Å². The lowest BCUT2D eigenvalue weighted by Crippen LogP contribution is -2.24. The molecule has 1 saturated carbocycles. The summed E-state index contributed by atoms with van der Waals surface area (Å²) >= 11 is 5.84. The van der Waals surface area contributed by atoms with Crippen molar-refractivity contribution >= 4 is 17.6 Å². The predicted molar refractivity (Wildman–Crippen MR) is 58.5 cm³/mol. The molecule has 1 N–H and O–H groups in total. The number of rotatable bonds is 3. The van der Waals surface area contributed by atoms with Gasteiger partial charge in [0.05, 0.1) is 5.02 Å². The van der Waals surface area contributed by atoms with E-state index >= 15 is 0 Å². The molecule has 1 fully saturated rings. The summed E-state index contributed by atoms with van der Waals surface area (Å²) in [6.45, 7) is 2.06. The molecule has 2 rings (SSSR count). The van der Waals surface area contributed by atoms with Gasteiger partial charge < -0.3 is 9.67 Å². The molecule has 15 heavy (non-hydrogen) atoms. The SMILES string of the molecule is CC(C1CCC1)n1cc(Cl)cc1C(=O)O. The summed E-state index contributed by atoms with van der Waals surface area (Å²) in [5.41, 5.74) is 0.291. The molecule has 82 valence electrons. The van der Waals surface area contributed by atoms with Crippen LogP contribution in [-0.2, 0) is 0 Å². The molecular formula is C11H14ClNO2. The molecule has 3 nitrogen and oxygen atoms in total. The zero-order chi connectivity index (χ0) is 11.0. The van der Waals surface area contributed by atoms with E-state index in [1.807, 2.05) is 0 Å². The van der Waals surface area contributed by atoms with E-state index in [9.17, 15) is 4.79 Å². The van der Waals surface area contributed by atoms with Crippen LogP contribution in [-0.4, -0.2) is 15.6 Å². The highest BCUT2D eigenvalue weighted by molar-refractivity contribution is 6.30. The average Bonchev–Trinajstić information content (AvgIpc) is 2.44. The van der Waals surface area contributed by atoms with E-state index < -0.39 is 5.97 Å². The highest BCUT2D eigenvalue weighted by atomic mass is 35.5. The molecule has 1 unspecified atom stereocenters. The number of aromatic carboxylic acids is 1. The fourth-order valence-electron chi connectivity index (χ4n) is 2.10. The predicted octanol–water partition coefficient (Wildman–Crippen LogP) is 3.20. The summed E-state index contributed by atoms with van der Waals surface area (Å²) in [4.78, 5) is 11.0. The molecule has 1 aromatic rings. The van der Waals surface area contributed by atoms with Crippen molar-refractivity contribution in [3.05, 3.63) is 23.0 Å². The Morgan fingerprint density at radius 3 is 2.80 bits per heavy atom. The van der Waals surface area contributed by atoms with Gasteiger partial charge in [-0.15, -0.1) is 0 Å². The minimum atomic E-state index is -0.909. The maximum absolute atomic E-state index is 11.0. The van der Waals surface area contributed by atoms with Gasteiger partial charge in [0.15, 0.2) is 0 Å². The van der Waals surface area contributed by atoms with Gasteiger partial charge in [0.1, 0.15) is 5.69 Å². The van der Waals surface area contributed by atoms with Gasteiger partial charge in [0.2, 0.25) is 0 Å². The smallest absolute Gasteiger partial charge is 0.352 e. The van der Waals surface area contributed by atoms with Crippen LogP contribution in [0.4, 0.5) is 0 Å². The van der Waals surface area contributed by atoms with Crippen LogP contribution in [0.15, 0.2) is 12.3 Å². The Hall–Kier alpha value is -0.960. The molecule has 1 aliphatic rings. The molecular weight excluding hydrogens is 214 g/mol. The van der Waals surface area contributed by atoms with Gasteiger partial charge in [-0.05, 0) is 31.7 Å². The number of carboxylic acids is 1. The Morgan fingerprint density at radius 2 is 2.33 bits per heavy atom. The van der Waals surface area contributed by atoms with Crippen LogP contribution < -0.4 is 0 Å². The Labute approximate surface area is 93.7 Å². The molecule has 0 bridgehead atoms. The lowest BCUT2D eigenvalue weighted by Gasteiger charge is -2.32. The van der Waals surface area contributed by atoms with Crippen LogP contribution in [0.25, 0.3) is 0 Å². The van der Waals surface area contributed by atoms with Gasteiger partial charge in [-0.2, -0.15) is 0 Å². The van der Waals surface area contributed by atoms with Gasteiger partial charge >= 0.3 is 5.97 Å². The van der Waals surface area contributed by atoms with Crippen molar-refractivity contribution in [1.29, 1.82) is 0 Å². The monoisotopic (exact) mass is 227 g/mol. The Kier molecular flexibility index (Phi) is 2.74. The number of carboxylic acid groups (broad SMARTS) is 1. The van der Waals surface area contributed by atoms with Crippen molar-refractivity contribution in [2.24, 2.45) is 5.92 Å². The van der Waals surface area contributed by atoms with Crippen LogP contribution in [0.2, 0.25) is 5.02 Å². The number of hydrogen-bond donors (Lipinski definition) is 1. The standard InChI is InChI=1S/C11H14ClNO2/c1-7(8-3-2-4-8)13-6-9(12)5-10(13)11(14)15/h5-8H,2-4H2,1H3,(H,14,15). The van der Waals surface area contributed by atoms with Crippen molar-refractivity contribution in [3.8, 4) is 0 Å². The van der Waals surface area contributed by atoms with Crippen LogP contribution in [0.1, 0.15) is 42.7 Å². The number of halogens is 1. The van der Waals surface area contributed by atoms with Crippen LogP contribution in [0.5, 0.6) is 0 Å². The lowest BCUT2D eigenvalue weighted by molar-refractivity contribution is 0.0677. The summed E-state index contributed by atoms with van der Waals surface area (Å²) < 4.78 is 1.79. The molecule has 1 atom stereocenters. The van der Waals surface area contributed by atoms with Gasteiger partial charge in [-0.3, -0.25) is 0 Å². The first-order valence-electron chi connectivity index (χ1n) is 5.20. The minimum Gasteiger partial charge on any atom is -0.477 e. The fourth-order valence-corrected chi connectivity index (χ4v) is 2.31. The first-order valence-corrected chi connectivity index (χ1v) is 5.58. The van der Waals surface area contributed by atoms with Gasteiger partial charge in [0.25, 0.3) is 0 Å². The topological polar surface area (TPSA) is 42.2 Å². The number of hydrogen-bond acceptors (Lipinski definition) is 1. The first kappa shape index (κ1) is 10.6. The van der Waals surface area contributed by atoms with Crippen molar-refractivity contribution in [3.63, 3.8) is 0 Å². The third-order valence-corrected chi connectivity index (χ3v) is 3.51. The molecule has 0 radical (unpaired) electrons. The summed E-state index contributed by atoms with van der Waals surface area (Å²) in [5, 5.41) is 9.52. The van der Waals surface area contributed by atoms with E-state index in [1.54, 1.807) is 10.8 Å². The zero-order valence-corrected chi connectivity index (χ0v) is 9.37. The summed E-state index contributed by atoms with van der Waals surface area (Å²) in [5.74, 6) is -0.306. The first-order chi connectivity index (χ1) is 7.09. The van der Waals surface area contributed by atoms with Gasteiger partial charge in [-0.1, -0.05) is 18.0 Å². The molecule has 1 aliphatic carbocycles. The maximum Gasteiger partial charge on any atom is 0.352 e. The lowest BCUT2D eigenvalue weighted by atomic mass is 9.80. The minimum absolute atomic E-state index is 0.234. The van der Waals surface area contributed by atoms with E-state index in [4.69, 9.17) is 16.7 Å². The Morgan fingerprint density at radius 1 is 1.67 bits per heavy atom. The summed E-state index contributed by atoms with van der Waals surface area (Å²) in [6, 6.07) is 1.75. The van der Waals surface area contributed by atoms with Crippen molar-refractivity contribution < 1.29 is 9.90 Å². The second-order valence-electron chi connectivity index (χ2n) is 4.19. The third-order valence-electron chi connectivity index (χ3n) is 3.31. The number of nitrogens with zero attached hydrogens (tertiary/aromatic N) is 1. The van der Waals surface area contributed by atoms with Crippen LogP contribution in [0, 0.1) is 5.92 Å². The average molecular weight is 228 g/mol. The Bertz CT molecular complexity index is 382. The third kappa shape index (κ3) is 1.88. The van der Waals surface area contributed by atoms with Crippen LogP contribution >= 0.6 is 11.6 Å². The molecule has 0 saturated heterocycles. The van der Waals surface area contributed by atoms with Crippen molar-refractivity contribution in [1.82, 2.24) is 4.57 Å². The molecule has 0 aromatic carbocycles. The van der Waals surface area contributed by atoms with Gasteiger partial charge in [-0.25, -0.2) is 4.79 Å². The molecule has 0 aliphatic heterocycles. The maximum atomic E-state index is 11.0. The fraction of sp³-hybridized carbons (Fsp3) is 0.545. The number of aromatic nitrogens is 1. The largest absolute Gasteiger partial charge is 0.477 e. The number of carbonyl (C=O) groups is 1. The second-order valence-corrected chi connectivity index (χ2v) is 4.62. The quantitative estimate of drug-likeness (QED) is 0.862. The van der Waals surface area contributed by atoms with Crippen molar-refractivity contribution in [2.45, 2.75) is 32.2 Å². The molecule has 0 spiro atoms.